The Labute approximate surface area is 118 Å². The van der Waals surface area contributed by atoms with E-state index < -0.39 is 5.97 Å². The Morgan fingerprint density at radius 1 is 1.37 bits per heavy atom. The summed E-state index contributed by atoms with van der Waals surface area (Å²) in [5, 5.41) is 9.39. The van der Waals surface area contributed by atoms with Crippen LogP contribution < -0.4 is 0 Å². The number of carboxylic acid groups (broad SMARTS) is 1. The maximum atomic E-state index is 12.4. The van der Waals surface area contributed by atoms with Crippen molar-refractivity contribution in [2.24, 2.45) is 0 Å². The van der Waals surface area contributed by atoms with Gasteiger partial charge in [0, 0.05) is 16.6 Å². The Kier molecular flexibility index (Phi) is 5.36. The number of carbonyl (C=O) groups excluding carboxylic acids is 1. The van der Waals surface area contributed by atoms with Crippen molar-refractivity contribution >= 4 is 23.5 Å². The zero-order valence-electron chi connectivity index (χ0n) is 11.3. The summed E-state index contributed by atoms with van der Waals surface area (Å²) in [4.78, 5) is 24.6. The Balaban J connectivity index is 3.07. The zero-order chi connectivity index (χ0) is 14.6. The second-order valence-corrected chi connectivity index (χ2v) is 5.04. The minimum absolute atomic E-state index is 0.136. The van der Waals surface area contributed by atoms with Crippen LogP contribution in [0.25, 0.3) is 0 Å². The Hall–Kier alpha value is -1.55. The minimum Gasteiger partial charge on any atom is -0.480 e. The molecule has 0 saturated heterocycles. The Morgan fingerprint density at radius 2 is 2.00 bits per heavy atom. The first-order valence-corrected chi connectivity index (χ1v) is 6.53. The fourth-order valence-corrected chi connectivity index (χ4v) is 2.11. The molecule has 0 aliphatic heterocycles. The van der Waals surface area contributed by atoms with Crippen LogP contribution in [0.4, 0.5) is 0 Å². The van der Waals surface area contributed by atoms with Gasteiger partial charge in [-0.05, 0) is 44.0 Å². The van der Waals surface area contributed by atoms with Gasteiger partial charge in [0.15, 0.2) is 0 Å². The molecule has 1 unspecified atom stereocenters. The average Bonchev–Trinajstić information content (AvgIpc) is 2.32. The fourth-order valence-electron chi connectivity index (χ4n) is 1.82. The third kappa shape index (κ3) is 4.24. The summed E-state index contributed by atoms with van der Waals surface area (Å²) in [7, 11) is 0. The summed E-state index contributed by atoms with van der Waals surface area (Å²) in [5.74, 6) is -1.32. The summed E-state index contributed by atoms with van der Waals surface area (Å²) in [6.45, 7) is 5.28. The molecule has 104 valence electrons. The number of halogens is 1. The maximum Gasteiger partial charge on any atom is 0.323 e. The number of aryl methyl sites for hydroxylation is 1. The van der Waals surface area contributed by atoms with E-state index >= 15 is 0 Å². The molecule has 0 aliphatic carbocycles. The molecule has 5 heteroatoms. The van der Waals surface area contributed by atoms with Crippen LogP contribution in [0.3, 0.4) is 0 Å². The van der Waals surface area contributed by atoms with Gasteiger partial charge in [-0.25, -0.2) is 0 Å². The number of hydrogen-bond donors (Lipinski definition) is 1. The van der Waals surface area contributed by atoms with Gasteiger partial charge in [-0.1, -0.05) is 18.5 Å². The van der Waals surface area contributed by atoms with E-state index in [-0.39, 0.29) is 18.5 Å². The summed E-state index contributed by atoms with van der Waals surface area (Å²) in [6.07, 6.45) is 0.693. The van der Waals surface area contributed by atoms with Gasteiger partial charge in [0.05, 0.1) is 0 Å². The normalized spacial score (nSPS) is 12.0. The van der Waals surface area contributed by atoms with E-state index in [1.165, 1.54) is 4.90 Å². The average molecular weight is 284 g/mol. The van der Waals surface area contributed by atoms with Gasteiger partial charge in [-0.15, -0.1) is 0 Å². The molecule has 1 aromatic rings. The van der Waals surface area contributed by atoms with Crippen LogP contribution in [0.2, 0.25) is 5.02 Å². The zero-order valence-corrected chi connectivity index (χ0v) is 12.1. The summed E-state index contributed by atoms with van der Waals surface area (Å²) >= 11 is 5.93. The lowest BCUT2D eigenvalue weighted by Gasteiger charge is -2.27. The first-order chi connectivity index (χ1) is 8.85. The van der Waals surface area contributed by atoms with Crippen LogP contribution in [0.1, 0.15) is 36.2 Å². The lowest BCUT2D eigenvalue weighted by Crippen LogP contribution is -2.41. The molecule has 0 spiro atoms. The van der Waals surface area contributed by atoms with E-state index in [9.17, 15) is 9.59 Å². The maximum absolute atomic E-state index is 12.4. The first-order valence-electron chi connectivity index (χ1n) is 6.15. The van der Waals surface area contributed by atoms with Gasteiger partial charge in [-0.2, -0.15) is 0 Å². The second kappa shape index (κ2) is 6.57. The van der Waals surface area contributed by atoms with Gasteiger partial charge in [0.1, 0.15) is 6.54 Å². The molecule has 0 radical (unpaired) electrons. The van der Waals surface area contributed by atoms with Crippen molar-refractivity contribution in [1.82, 2.24) is 4.90 Å². The van der Waals surface area contributed by atoms with Crippen LogP contribution in [0.5, 0.6) is 0 Å². The van der Waals surface area contributed by atoms with E-state index in [2.05, 4.69) is 0 Å². The number of benzene rings is 1. The Bertz CT molecular complexity index is 467. The van der Waals surface area contributed by atoms with Crippen molar-refractivity contribution in [3.8, 4) is 0 Å². The quantitative estimate of drug-likeness (QED) is 0.904. The second-order valence-electron chi connectivity index (χ2n) is 4.60. The molecular weight excluding hydrogens is 266 g/mol. The topological polar surface area (TPSA) is 57.6 Å². The van der Waals surface area contributed by atoms with Crippen molar-refractivity contribution in [1.29, 1.82) is 0 Å². The molecule has 0 aromatic heterocycles. The van der Waals surface area contributed by atoms with E-state index in [4.69, 9.17) is 16.7 Å². The van der Waals surface area contributed by atoms with E-state index in [1.54, 1.807) is 18.2 Å². The largest absolute Gasteiger partial charge is 0.480 e. The first kappa shape index (κ1) is 15.5. The lowest BCUT2D eigenvalue weighted by molar-refractivity contribution is -0.138. The van der Waals surface area contributed by atoms with Gasteiger partial charge < -0.3 is 10.0 Å². The smallest absolute Gasteiger partial charge is 0.323 e. The number of rotatable bonds is 5. The summed E-state index contributed by atoms with van der Waals surface area (Å²) in [6, 6.07) is 4.89. The van der Waals surface area contributed by atoms with Crippen LogP contribution in [-0.4, -0.2) is 34.5 Å². The summed E-state index contributed by atoms with van der Waals surface area (Å²) < 4.78 is 0. The lowest BCUT2D eigenvalue weighted by atomic mass is 10.1. The fraction of sp³-hybridized carbons (Fsp3) is 0.429. The van der Waals surface area contributed by atoms with Gasteiger partial charge in [0.2, 0.25) is 0 Å². The van der Waals surface area contributed by atoms with Crippen LogP contribution in [0, 0.1) is 6.92 Å². The molecular formula is C14H18ClNO3. The van der Waals surface area contributed by atoms with Crippen LogP contribution in [-0.2, 0) is 4.79 Å². The summed E-state index contributed by atoms with van der Waals surface area (Å²) in [5.41, 5.74) is 1.29. The number of amides is 1. The standard InChI is InChI=1S/C14H18ClNO3/c1-4-10(3)16(8-13(17)18)14(19)11-5-9(2)6-12(15)7-11/h5-7,10H,4,8H2,1-3H3,(H,17,18). The van der Waals surface area contributed by atoms with Gasteiger partial charge in [-0.3, -0.25) is 9.59 Å². The SMILES string of the molecule is CCC(C)N(CC(=O)O)C(=O)c1cc(C)cc(Cl)c1. The predicted octanol–water partition coefficient (Wildman–Crippen LogP) is 2.97. The molecule has 1 amide bonds. The van der Waals surface area contributed by atoms with Crippen molar-refractivity contribution in [3.05, 3.63) is 34.3 Å². The van der Waals surface area contributed by atoms with E-state index in [0.29, 0.717) is 17.0 Å². The monoisotopic (exact) mass is 283 g/mol. The predicted molar refractivity (Wildman–Crippen MR) is 74.6 cm³/mol. The number of nitrogens with zero attached hydrogens (tertiary/aromatic N) is 1. The highest BCUT2D eigenvalue weighted by Gasteiger charge is 2.23. The van der Waals surface area contributed by atoms with Crippen LogP contribution in [0.15, 0.2) is 18.2 Å². The van der Waals surface area contributed by atoms with Crippen molar-refractivity contribution in [2.75, 3.05) is 6.54 Å². The van der Waals surface area contributed by atoms with E-state index in [0.717, 1.165) is 5.56 Å². The molecule has 1 atom stereocenters. The molecule has 1 rings (SSSR count). The number of carboxylic acids is 1. The molecule has 0 fully saturated rings. The Morgan fingerprint density at radius 3 is 2.47 bits per heavy atom. The van der Waals surface area contributed by atoms with E-state index in [1.807, 2.05) is 20.8 Å². The van der Waals surface area contributed by atoms with Crippen molar-refractivity contribution < 1.29 is 14.7 Å². The molecule has 1 aromatic carbocycles. The van der Waals surface area contributed by atoms with Crippen molar-refractivity contribution in [3.63, 3.8) is 0 Å². The number of aliphatic carboxylic acids is 1. The third-order valence-corrected chi connectivity index (χ3v) is 3.20. The highest BCUT2D eigenvalue weighted by atomic mass is 35.5. The van der Waals surface area contributed by atoms with Crippen LogP contribution >= 0.6 is 11.6 Å². The highest BCUT2D eigenvalue weighted by molar-refractivity contribution is 6.31. The molecule has 0 bridgehead atoms. The van der Waals surface area contributed by atoms with Gasteiger partial charge >= 0.3 is 5.97 Å². The molecule has 1 N–H and O–H groups in total. The van der Waals surface area contributed by atoms with Gasteiger partial charge in [0.25, 0.3) is 5.91 Å². The molecule has 19 heavy (non-hydrogen) atoms. The molecule has 0 aliphatic rings. The third-order valence-electron chi connectivity index (χ3n) is 2.98. The highest BCUT2D eigenvalue weighted by Crippen LogP contribution is 2.17. The molecule has 4 nitrogen and oxygen atoms in total. The number of carbonyl (C=O) groups is 2. The van der Waals surface area contributed by atoms with Crippen molar-refractivity contribution in [2.45, 2.75) is 33.2 Å². The molecule has 0 heterocycles. The molecule has 0 saturated carbocycles. The minimum atomic E-state index is -1.02. The number of hydrogen-bond acceptors (Lipinski definition) is 2.